The first kappa shape index (κ1) is 27.3. The molecule has 0 aromatic heterocycles. The van der Waals surface area contributed by atoms with Gasteiger partial charge in [-0.25, -0.2) is 10.5 Å². The van der Waals surface area contributed by atoms with Crippen molar-refractivity contribution >= 4 is 22.0 Å². The minimum Gasteiger partial charge on any atom is -0.420 e. The Balaban J connectivity index is 0. The number of halogens is 2. The van der Waals surface area contributed by atoms with Gasteiger partial charge in [0, 0.05) is 78.0 Å². The van der Waals surface area contributed by atoms with Gasteiger partial charge in [-0.3, -0.25) is 0 Å². The molecule has 0 aliphatic carbocycles. The molecule has 1 aromatic rings. The summed E-state index contributed by atoms with van der Waals surface area (Å²) < 4.78 is 24.9. The minimum atomic E-state index is -1.60. The third-order valence-electron chi connectivity index (χ3n) is 3.35. The summed E-state index contributed by atoms with van der Waals surface area (Å²) in [4.78, 5) is 2.61. The van der Waals surface area contributed by atoms with Gasteiger partial charge in [-0.15, -0.1) is 16.5 Å². The van der Waals surface area contributed by atoms with Gasteiger partial charge in [0.2, 0.25) is 0 Å². The average Bonchev–Trinajstić information content (AvgIpc) is 2.74. The zero-order chi connectivity index (χ0) is 17.7. The number of anilines is 1. The van der Waals surface area contributed by atoms with E-state index >= 15 is 0 Å². The zero-order valence-electron chi connectivity index (χ0n) is 15.0. The van der Waals surface area contributed by atoms with Crippen LogP contribution in [-0.2, 0) is 53.8 Å². The number of benzene rings is 1. The standard InChI is InChI=1S/C17H17F2NS.C2H6.W.Y/c1-11-6-7-15(21(5)10-17(18)19)9-16(11)20-13(3)8-12(2)14(20)4;1-2;;/h6,9H,2-5,8,10H2,1H3;1-2H3;;/q-2;;;. The maximum atomic E-state index is 12.4. The Morgan fingerprint density at radius 3 is 2.28 bits per heavy atom. The van der Waals surface area contributed by atoms with E-state index in [9.17, 15) is 8.78 Å². The van der Waals surface area contributed by atoms with Crippen molar-refractivity contribution in [2.75, 3.05) is 10.7 Å². The van der Waals surface area contributed by atoms with E-state index in [1.54, 1.807) is 6.07 Å². The molecule has 0 amide bonds. The van der Waals surface area contributed by atoms with Gasteiger partial charge in [0.1, 0.15) is 0 Å². The minimum absolute atomic E-state index is 0. The van der Waals surface area contributed by atoms with Crippen LogP contribution >= 0.6 is 10.5 Å². The summed E-state index contributed by atoms with van der Waals surface area (Å²) in [7, 11) is -0.814. The van der Waals surface area contributed by atoms with Crippen molar-refractivity contribution in [3.63, 3.8) is 0 Å². The first-order valence-corrected chi connectivity index (χ1v) is 8.92. The van der Waals surface area contributed by atoms with E-state index in [1.807, 2.05) is 31.7 Å². The number of nitrogens with zero attached hydrogens (tertiary/aromatic N) is 1. The molecule has 0 N–H and O–H groups in total. The molecular formula is C19H23F2NSWY-2. The van der Waals surface area contributed by atoms with Gasteiger partial charge in [-0.1, -0.05) is 57.8 Å². The quantitative estimate of drug-likeness (QED) is 0.295. The molecule has 1 saturated heterocycles. The monoisotopic (exact) mass is 608 g/mol. The van der Waals surface area contributed by atoms with Crippen molar-refractivity contribution in [2.45, 2.75) is 32.1 Å². The predicted molar refractivity (Wildman–Crippen MR) is 99.2 cm³/mol. The largest absolute Gasteiger partial charge is 0.420 e. The van der Waals surface area contributed by atoms with E-state index < -0.39 is 16.9 Å². The molecular weight excluding hydrogens is 585 g/mol. The van der Waals surface area contributed by atoms with Crippen molar-refractivity contribution in [1.29, 1.82) is 0 Å². The fraction of sp³-hybridized carbons (Fsp3) is 0.263. The molecule has 1 aromatic carbocycles. The summed E-state index contributed by atoms with van der Waals surface area (Å²) in [5.41, 5.74) is 4.48. The van der Waals surface area contributed by atoms with Crippen molar-refractivity contribution in [1.82, 2.24) is 0 Å². The fourth-order valence-electron chi connectivity index (χ4n) is 2.24. The Morgan fingerprint density at radius 1 is 1.28 bits per heavy atom. The molecule has 1 radical (unpaired) electrons. The second kappa shape index (κ2) is 12.5. The molecule has 1 nitrogen and oxygen atoms in total. The van der Waals surface area contributed by atoms with Gasteiger partial charge in [0.25, 0.3) is 0 Å². The van der Waals surface area contributed by atoms with Gasteiger partial charge in [-0.2, -0.15) is 12.1 Å². The van der Waals surface area contributed by atoms with Crippen LogP contribution in [0.1, 0.15) is 25.8 Å². The third-order valence-corrected chi connectivity index (χ3v) is 4.77. The van der Waals surface area contributed by atoms with E-state index in [-0.39, 0.29) is 59.5 Å². The normalized spacial score (nSPS) is 14.5. The molecule has 1 heterocycles. The molecule has 1 unspecified atom stereocenters. The molecule has 0 saturated carbocycles. The summed E-state index contributed by atoms with van der Waals surface area (Å²) in [6, 6.07) is 6.69. The van der Waals surface area contributed by atoms with Crippen molar-refractivity contribution < 1.29 is 62.6 Å². The van der Waals surface area contributed by atoms with Gasteiger partial charge >= 0.3 is 0 Å². The summed E-state index contributed by atoms with van der Waals surface area (Å²) in [6.45, 7) is 18.0. The van der Waals surface area contributed by atoms with Crippen LogP contribution in [0.2, 0.25) is 0 Å². The van der Waals surface area contributed by atoms with Crippen molar-refractivity contribution in [3.8, 4) is 0 Å². The number of hydrogen-bond donors (Lipinski definition) is 0. The van der Waals surface area contributed by atoms with E-state index in [4.69, 9.17) is 0 Å². The van der Waals surface area contributed by atoms with Crippen LogP contribution in [0, 0.1) is 19.4 Å². The number of hydrogen-bond acceptors (Lipinski definition) is 1. The van der Waals surface area contributed by atoms with E-state index in [1.165, 1.54) is 0 Å². The SMILES string of the molecule is C=C1CC(=C)N(c2cc(S(=C)C[C-](F)F)[c-]cc2C)C1=C.CC.[W].[Y]. The number of rotatable bonds is 4. The topological polar surface area (TPSA) is 3.24 Å². The smallest absolute Gasteiger partial charge is 0.0393 e. The van der Waals surface area contributed by atoms with E-state index in [0.717, 1.165) is 28.2 Å². The van der Waals surface area contributed by atoms with E-state index in [0.29, 0.717) is 11.3 Å². The maximum Gasteiger partial charge on any atom is 0.0393 e. The van der Waals surface area contributed by atoms with E-state index in [2.05, 4.69) is 31.7 Å². The van der Waals surface area contributed by atoms with Crippen molar-refractivity contribution in [3.05, 3.63) is 66.9 Å². The van der Waals surface area contributed by atoms with Crippen molar-refractivity contribution in [2.24, 2.45) is 0 Å². The first-order chi connectivity index (χ1) is 10.8. The molecule has 1 fully saturated rings. The number of allylic oxidation sites excluding steroid dienone is 2. The van der Waals surface area contributed by atoms with Crippen LogP contribution < -0.4 is 4.90 Å². The van der Waals surface area contributed by atoms with Crippen LogP contribution in [0.4, 0.5) is 14.5 Å². The Kier molecular flexibility index (Phi) is 13.7. The van der Waals surface area contributed by atoms with Crippen LogP contribution in [0.5, 0.6) is 0 Å². The molecule has 25 heavy (non-hydrogen) atoms. The molecule has 0 spiro atoms. The second-order valence-electron chi connectivity index (χ2n) is 4.97. The summed E-state index contributed by atoms with van der Waals surface area (Å²) in [6.07, 6.45) is -0.929. The molecule has 0 bridgehead atoms. The molecule has 2 rings (SSSR count). The van der Waals surface area contributed by atoms with Gasteiger partial charge in [0.05, 0.1) is 0 Å². The van der Waals surface area contributed by atoms with Gasteiger partial charge in [-0.05, 0) is 5.57 Å². The molecule has 1 aliphatic heterocycles. The Bertz CT molecular complexity index is 659. The maximum absolute atomic E-state index is 12.4. The second-order valence-corrected chi connectivity index (χ2v) is 6.68. The van der Waals surface area contributed by atoms with Crippen LogP contribution in [0.15, 0.2) is 53.7 Å². The molecule has 1 aliphatic rings. The van der Waals surface area contributed by atoms with Crippen LogP contribution in [0.25, 0.3) is 0 Å². The fourth-order valence-corrected chi connectivity index (χ4v) is 3.16. The van der Waals surface area contributed by atoms with Gasteiger partial charge < -0.3 is 13.7 Å². The summed E-state index contributed by atoms with van der Waals surface area (Å²) in [5.74, 6) is 3.49. The Labute approximate surface area is 192 Å². The average molecular weight is 608 g/mol. The molecule has 6 heteroatoms. The number of aryl methyl sites for hydroxylation is 1. The Morgan fingerprint density at radius 2 is 1.84 bits per heavy atom. The first-order valence-electron chi connectivity index (χ1n) is 7.36. The Hall–Kier alpha value is 0.112. The summed E-state index contributed by atoms with van der Waals surface area (Å²) >= 11 is 0. The predicted octanol–water partition coefficient (Wildman–Crippen LogP) is 6.10. The third kappa shape index (κ3) is 6.98. The van der Waals surface area contributed by atoms with Crippen LogP contribution in [-0.4, -0.2) is 11.6 Å². The van der Waals surface area contributed by atoms with Crippen LogP contribution in [0.3, 0.4) is 0 Å². The zero-order valence-corrected chi connectivity index (χ0v) is 21.6. The molecule has 135 valence electrons. The van der Waals surface area contributed by atoms with Gasteiger partial charge in [0.15, 0.2) is 0 Å². The summed E-state index contributed by atoms with van der Waals surface area (Å²) in [5, 5.41) is 0. The molecule has 1 atom stereocenters.